The number of Topliss-reactive ketones (excluding diaryl/α,β-unsaturated/α-hetero) is 1. The number of carbonyl (C=O) groups excluding carboxylic acids is 3. The Morgan fingerprint density at radius 1 is 1.17 bits per heavy atom. The average Bonchev–Trinajstić information content (AvgIpc) is 2.97. The summed E-state index contributed by atoms with van der Waals surface area (Å²) < 4.78 is 0. The summed E-state index contributed by atoms with van der Waals surface area (Å²) in [6, 6.07) is 8.51. The Bertz CT molecular complexity index is 928. The standard InChI is InChI=1S/C23H29N3O3/c1-5-9-16(21(28)24-15-10-7-6-8-11-15)26-22(29)20-14(2)19-17(25-20)12-23(3,4)13-18(19)27/h6-8,10-11,16,25H,5,9,12-13H2,1-4H3,(H,24,28)(H,26,29). The van der Waals surface area contributed by atoms with Crippen LogP contribution in [0.25, 0.3) is 0 Å². The minimum absolute atomic E-state index is 0.0657. The number of H-pyrrole nitrogens is 1. The highest BCUT2D eigenvalue weighted by atomic mass is 16.2. The van der Waals surface area contributed by atoms with Crippen LogP contribution in [0.15, 0.2) is 30.3 Å². The first-order valence-corrected chi connectivity index (χ1v) is 10.1. The van der Waals surface area contributed by atoms with Gasteiger partial charge in [0, 0.05) is 23.4 Å². The Labute approximate surface area is 171 Å². The number of aromatic amines is 1. The van der Waals surface area contributed by atoms with Crippen molar-refractivity contribution in [2.24, 2.45) is 5.41 Å². The normalized spacial score (nSPS) is 16.1. The number of carbonyl (C=O) groups is 3. The van der Waals surface area contributed by atoms with E-state index in [1.165, 1.54) is 0 Å². The van der Waals surface area contributed by atoms with Gasteiger partial charge in [-0.25, -0.2) is 0 Å². The van der Waals surface area contributed by atoms with Crippen molar-refractivity contribution in [1.82, 2.24) is 10.3 Å². The van der Waals surface area contributed by atoms with E-state index >= 15 is 0 Å². The molecule has 0 saturated heterocycles. The quantitative estimate of drug-likeness (QED) is 0.690. The first kappa shape index (κ1) is 20.8. The van der Waals surface area contributed by atoms with Crippen molar-refractivity contribution < 1.29 is 14.4 Å². The maximum absolute atomic E-state index is 13.0. The van der Waals surface area contributed by atoms with Crippen molar-refractivity contribution in [1.29, 1.82) is 0 Å². The lowest BCUT2D eigenvalue weighted by atomic mass is 9.75. The highest BCUT2D eigenvalue weighted by molar-refractivity contribution is 6.06. The van der Waals surface area contributed by atoms with Crippen LogP contribution in [-0.2, 0) is 11.2 Å². The largest absolute Gasteiger partial charge is 0.354 e. The van der Waals surface area contributed by atoms with Gasteiger partial charge in [-0.3, -0.25) is 14.4 Å². The van der Waals surface area contributed by atoms with Crippen LogP contribution in [0, 0.1) is 12.3 Å². The van der Waals surface area contributed by atoms with Crippen LogP contribution in [0.2, 0.25) is 0 Å². The molecule has 1 atom stereocenters. The summed E-state index contributed by atoms with van der Waals surface area (Å²) in [5.41, 5.74) is 3.04. The maximum Gasteiger partial charge on any atom is 0.268 e. The minimum atomic E-state index is -0.653. The zero-order valence-electron chi connectivity index (χ0n) is 17.5. The molecular formula is C23H29N3O3. The first-order valence-electron chi connectivity index (χ1n) is 10.1. The number of para-hydroxylation sites is 1. The van der Waals surface area contributed by atoms with Crippen molar-refractivity contribution in [3.05, 3.63) is 52.8 Å². The number of anilines is 1. The molecule has 0 saturated carbocycles. The predicted octanol–water partition coefficient (Wildman–Crippen LogP) is 4.02. The second kappa shape index (κ2) is 8.23. The molecule has 29 heavy (non-hydrogen) atoms. The number of hydrogen-bond donors (Lipinski definition) is 3. The Morgan fingerprint density at radius 2 is 1.86 bits per heavy atom. The van der Waals surface area contributed by atoms with E-state index in [9.17, 15) is 14.4 Å². The molecule has 1 unspecified atom stereocenters. The maximum atomic E-state index is 13.0. The molecule has 6 heteroatoms. The third-order valence-corrected chi connectivity index (χ3v) is 5.37. The monoisotopic (exact) mass is 395 g/mol. The van der Waals surface area contributed by atoms with E-state index in [0.29, 0.717) is 35.3 Å². The zero-order valence-corrected chi connectivity index (χ0v) is 17.5. The molecule has 0 radical (unpaired) electrons. The summed E-state index contributed by atoms with van der Waals surface area (Å²) in [7, 11) is 0. The second-order valence-corrected chi connectivity index (χ2v) is 8.59. The molecular weight excluding hydrogens is 366 g/mol. The second-order valence-electron chi connectivity index (χ2n) is 8.59. The third-order valence-electron chi connectivity index (χ3n) is 5.37. The van der Waals surface area contributed by atoms with Crippen LogP contribution in [0.3, 0.4) is 0 Å². The van der Waals surface area contributed by atoms with Gasteiger partial charge in [-0.05, 0) is 42.9 Å². The van der Waals surface area contributed by atoms with Crippen molar-refractivity contribution in [2.75, 3.05) is 5.32 Å². The lowest BCUT2D eigenvalue weighted by Gasteiger charge is -2.28. The third kappa shape index (κ3) is 4.58. The number of ketones is 1. The Morgan fingerprint density at radius 3 is 2.52 bits per heavy atom. The van der Waals surface area contributed by atoms with Crippen molar-refractivity contribution in [3.8, 4) is 0 Å². The van der Waals surface area contributed by atoms with E-state index in [1.807, 2.05) is 25.1 Å². The summed E-state index contributed by atoms with van der Waals surface area (Å²) in [5, 5.41) is 5.69. The molecule has 6 nitrogen and oxygen atoms in total. The number of aromatic nitrogens is 1. The summed E-state index contributed by atoms with van der Waals surface area (Å²) in [6.07, 6.45) is 2.46. The minimum Gasteiger partial charge on any atom is -0.354 e. The lowest BCUT2D eigenvalue weighted by molar-refractivity contribution is -0.118. The molecule has 0 bridgehead atoms. The van der Waals surface area contributed by atoms with Gasteiger partial charge in [0.15, 0.2) is 5.78 Å². The van der Waals surface area contributed by atoms with E-state index in [-0.39, 0.29) is 23.0 Å². The van der Waals surface area contributed by atoms with Crippen LogP contribution in [0.1, 0.15) is 72.1 Å². The Balaban J connectivity index is 1.79. The number of benzene rings is 1. The van der Waals surface area contributed by atoms with Gasteiger partial charge >= 0.3 is 0 Å². The smallest absolute Gasteiger partial charge is 0.268 e. The van der Waals surface area contributed by atoms with Gasteiger partial charge in [0.1, 0.15) is 11.7 Å². The van der Waals surface area contributed by atoms with Crippen LogP contribution in [0.4, 0.5) is 5.69 Å². The fraction of sp³-hybridized carbons (Fsp3) is 0.435. The van der Waals surface area contributed by atoms with Crippen LogP contribution >= 0.6 is 0 Å². The molecule has 154 valence electrons. The molecule has 3 rings (SSSR count). The molecule has 1 aromatic heterocycles. The number of rotatable bonds is 6. The Kier molecular flexibility index (Phi) is 5.91. The lowest BCUT2D eigenvalue weighted by Crippen LogP contribution is -2.44. The highest BCUT2D eigenvalue weighted by Crippen LogP contribution is 2.36. The zero-order chi connectivity index (χ0) is 21.2. The topological polar surface area (TPSA) is 91.1 Å². The fourth-order valence-corrected chi connectivity index (χ4v) is 4.00. The molecule has 3 N–H and O–H groups in total. The van der Waals surface area contributed by atoms with Gasteiger partial charge in [-0.2, -0.15) is 0 Å². The molecule has 1 aromatic carbocycles. The predicted molar refractivity (Wildman–Crippen MR) is 113 cm³/mol. The van der Waals surface area contributed by atoms with Crippen LogP contribution in [0.5, 0.6) is 0 Å². The van der Waals surface area contributed by atoms with Gasteiger partial charge in [0.2, 0.25) is 5.91 Å². The number of nitrogens with one attached hydrogen (secondary N) is 3. The number of hydrogen-bond acceptors (Lipinski definition) is 3. The SMILES string of the molecule is CCCC(NC(=O)c1[nH]c2c(c1C)C(=O)CC(C)(C)C2)C(=O)Nc1ccccc1. The van der Waals surface area contributed by atoms with E-state index in [2.05, 4.69) is 29.5 Å². The van der Waals surface area contributed by atoms with Crippen molar-refractivity contribution in [2.45, 2.75) is 59.4 Å². The number of amides is 2. The van der Waals surface area contributed by atoms with Gasteiger partial charge in [-0.15, -0.1) is 0 Å². The van der Waals surface area contributed by atoms with E-state index in [0.717, 1.165) is 18.5 Å². The first-order chi connectivity index (χ1) is 13.7. The van der Waals surface area contributed by atoms with Gasteiger partial charge in [0.05, 0.1) is 0 Å². The van der Waals surface area contributed by atoms with Crippen LogP contribution in [-0.4, -0.2) is 28.6 Å². The van der Waals surface area contributed by atoms with Gasteiger partial charge in [0.25, 0.3) is 5.91 Å². The van der Waals surface area contributed by atoms with Crippen LogP contribution < -0.4 is 10.6 Å². The molecule has 2 aromatic rings. The Hall–Kier alpha value is -2.89. The molecule has 1 aliphatic carbocycles. The molecule has 1 aliphatic rings. The van der Waals surface area contributed by atoms with E-state index < -0.39 is 6.04 Å². The summed E-state index contributed by atoms with van der Waals surface area (Å²) in [5.74, 6) is -0.544. The average molecular weight is 396 g/mol. The van der Waals surface area contributed by atoms with E-state index in [4.69, 9.17) is 0 Å². The van der Waals surface area contributed by atoms with Gasteiger partial charge in [-0.1, -0.05) is 45.4 Å². The summed E-state index contributed by atoms with van der Waals surface area (Å²) in [4.78, 5) is 41.4. The molecule has 0 spiro atoms. The summed E-state index contributed by atoms with van der Waals surface area (Å²) in [6.45, 7) is 7.86. The highest BCUT2D eigenvalue weighted by Gasteiger charge is 2.35. The molecule has 0 fully saturated rings. The number of fused-ring (bicyclic) bond motifs is 1. The van der Waals surface area contributed by atoms with Crippen molar-refractivity contribution in [3.63, 3.8) is 0 Å². The van der Waals surface area contributed by atoms with E-state index in [1.54, 1.807) is 19.1 Å². The molecule has 1 heterocycles. The van der Waals surface area contributed by atoms with Gasteiger partial charge < -0.3 is 15.6 Å². The van der Waals surface area contributed by atoms with Crippen molar-refractivity contribution >= 4 is 23.3 Å². The fourth-order valence-electron chi connectivity index (χ4n) is 4.00. The summed E-state index contributed by atoms with van der Waals surface area (Å²) >= 11 is 0. The molecule has 2 amide bonds. The molecule has 0 aliphatic heterocycles.